The standard InChI is InChI=1S/C22H16F3N3O2S2/c23-22(24,25)15-5-2-7-17(13-15)26-20(30)14-4-1-6-16(12-14)27-21(31)28-19(29)10-9-18-8-3-11-32-18/h1-13H,(H,26,30)(H2,27,28,29,31)/b10-9+. The van der Waals surface area contributed by atoms with E-state index in [1.807, 2.05) is 17.5 Å². The fraction of sp³-hybridized carbons (Fsp3) is 0.0455. The first-order chi connectivity index (χ1) is 15.2. The number of halogens is 3. The Hall–Kier alpha value is -3.50. The number of carbonyl (C=O) groups is 2. The smallest absolute Gasteiger partial charge is 0.332 e. The molecule has 0 unspecified atom stereocenters. The molecule has 0 fully saturated rings. The summed E-state index contributed by atoms with van der Waals surface area (Å²) in [6.45, 7) is 0. The lowest BCUT2D eigenvalue weighted by atomic mass is 10.1. The molecule has 2 aromatic carbocycles. The van der Waals surface area contributed by atoms with Crippen LogP contribution in [-0.2, 0) is 11.0 Å². The van der Waals surface area contributed by atoms with Gasteiger partial charge >= 0.3 is 6.18 Å². The van der Waals surface area contributed by atoms with Crippen molar-refractivity contribution < 1.29 is 22.8 Å². The number of hydrogen-bond acceptors (Lipinski definition) is 4. The minimum Gasteiger partial charge on any atom is -0.332 e. The van der Waals surface area contributed by atoms with Gasteiger partial charge in [0.25, 0.3) is 5.91 Å². The van der Waals surface area contributed by atoms with E-state index in [0.717, 1.165) is 17.0 Å². The van der Waals surface area contributed by atoms with Gasteiger partial charge in [0.1, 0.15) is 0 Å². The second-order valence-electron chi connectivity index (χ2n) is 6.41. The third-order valence-corrected chi connectivity index (χ3v) is 5.05. The number of thiocarbonyl (C=S) groups is 1. The van der Waals surface area contributed by atoms with Gasteiger partial charge in [-0.25, -0.2) is 0 Å². The third kappa shape index (κ3) is 6.76. The average Bonchev–Trinajstić information content (AvgIpc) is 3.25. The number of thiophene rings is 1. The van der Waals surface area contributed by atoms with Gasteiger partial charge in [-0.2, -0.15) is 13.2 Å². The number of anilines is 2. The topological polar surface area (TPSA) is 70.2 Å². The van der Waals surface area contributed by atoms with Gasteiger partial charge in [-0.3, -0.25) is 14.9 Å². The van der Waals surface area contributed by atoms with Crippen LogP contribution in [-0.4, -0.2) is 16.9 Å². The number of carbonyl (C=O) groups excluding carboxylic acids is 2. The summed E-state index contributed by atoms with van der Waals surface area (Å²) in [5.74, 6) is -1.02. The highest BCUT2D eigenvalue weighted by molar-refractivity contribution is 7.80. The Morgan fingerprint density at radius 2 is 1.66 bits per heavy atom. The molecule has 0 bridgehead atoms. The molecule has 0 aliphatic rings. The molecule has 0 aliphatic heterocycles. The van der Waals surface area contributed by atoms with Crippen LogP contribution in [0.3, 0.4) is 0 Å². The summed E-state index contributed by atoms with van der Waals surface area (Å²) in [4.78, 5) is 25.3. The fourth-order valence-electron chi connectivity index (χ4n) is 2.57. The van der Waals surface area contributed by atoms with E-state index in [9.17, 15) is 22.8 Å². The molecule has 32 heavy (non-hydrogen) atoms. The normalized spacial score (nSPS) is 11.2. The van der Waals surface area contributed by atoms with Crippen molar-refractivity contribution in [1.82, 2.24) is 5.32 Å². The van der Waals surface area contributed by atoms with Crippen molar-refractivity contribution in [1.29, 1.82) is 0 Å². The highest BCUT2D eigenvalue weighted by atomic mass is 32.1. The summed E-state index contributed by atoms with van der Waals surface area (Å²) in [7, 11) is 0. The second-order valence-corrected chi connectivity index (χ2v) is 7.79. The Bertz CT molecular complexity index is 1160. The Labute approximate surface area is 191 Å². The van der Waals surface area contributed by atoms with Crippen molar-refractivity contribution >= 4 is 57.9 Å². The van der Waals surface area contributed by atoms with E-state index in [2.05, 4.69) is 16.0 Å². The van der Waals surface area contributed by atoms with Crippen LogP contribution in [0.4, 0.5) is 24.5 Å². The van der Waals surface area contributed by atoms with Crippen LogP contribution in [0.2, 0.25) is 0 Å². The van der Waals surface area contributed by atoms with Gasteiger partial charge in [-0.1, -0.05) is 18.2 Å². The molecule has 0 radical (unpaired) electrons. The predicted molar refractivity (Wildman–Crippen MR) is 124 cm³/mol. The second kappa shape index (κ2) is 10.2. The maximum absolute atomic E-state index is 12.8. The molecule has 5 nitrogen and oxygen atoms in total. The van der Waals surface area contributed by atoms with Crippen LogP contribution in [0, 0.1) is 0 Å². The first-order valence-electron chi connectivity index (χ1n) is 9.13. The van der Waals surface area contributed by atoms with Crippen molar-refractivity contribution in [2.75, 3.05) is 10.6 Å². The predicted octanol–water partition coefficient (Wildman–Crippen LogP) is 5.55. The first kappa shape index (κ1) is 23.2. The van der Waals surface area contributed by atoms with Crippen molar-refractivity contribution in [2.24, 2.45) is 0 Å². The van der Waals surface area contributed by atoms with Crippen LogP contribution in [0.15, 0.2) is 72.1 Å². The molecule has 0 saturated carbocycles. The van der Waals surface area contributed by atoms with Gasteiger partial charge in [0.05, 0.1) is 5.56 Å². The third-order valence-electron chi connectivity index (χ3n) is 4.01. The molecular formula is C22H16F3N3O2S2. The first-order valence-corrected chi connectivity index (χ1v) is 10.4. The van der Waals surface area contributed by atoms with Crippen molar-refractivity contribution in [3.8, 4) is 0 Å². The Morgan fingerprint density at radius 3 is 2.34 bits per heavy atom. The lowest BCUT2D eigenvalue weighted by Crippen LogP contribution is -2.32. The molecule has 3 rings (SSSR count). The molecule has 1 aromatic heterocycles. The summed E-state index contributed by atoms with van der Waals surface area (Å²) < 4.78 is 38.5. The van der Waals surface area contributed by atoms with Gasteiger partial charge in [0.15, 0.2) is 5.11 Å². The molecule has 3 N–H and O–H groups in total. The van der Waals surface area contributed by atoms with E-state index in [1.54, 1.807) is 18.2 Å². The quantitative estimate of drug-likeness (QED) is 0.335. The van der Waals surface area contributed by atoms with Crippen LogP contribution in [0.5, 0.6) is 0 Å². The van der Waals surface area contributed by atoms with Crippen molar-refractivity contribution in [3.05, 3.63) is 88.1 Å². The lowest BCUT2D eigenvalue weighted by molar-refractivity contribution is -0.137. The van der Waals surface area contributed by atoms with Crippen LogP contribution < -0.4 is 16.0 Å². The number of nitrogens with one attached hydrogen (secondary N) is 3. The fourth-order valence-corrected chi connectivity index (χ4v) is 3.41. The molecular weight excluding hydrogens is 459 g/mol. The number of benzene rings is 2. The van der Waals surface area contributed by atoms with E-state index >= 15 is 0 Å². The number of alkyl halides is 3. The van der Waals surface area contributed by atoms with Gasteiger partial charge in [-0.15, -0.1) is 11.3 Å². The van der Waals surface area contributed by atoms with Gasteiger partial charge in [0.2, 0.25) is 5.91 Å². The molecule has 0 atom stereocenters. The Morgan fingerprint density at radius 1 is 0.938 bits per heavy atom. The molecule has 2 amide bonds. The van der Waals surface area contributed by atoms with Crippen molar-refractivity contribution in [3.63, 3.8) is 0 Å². The van der Waals surface area contributed by atoms with E-state index in [4.69, 9.17) is 12.2 Å². The molecule has 1 heterocycles. The minimum absolute atomic E-state index is 0.0171. The van der Waals surface area contributed by atoms with Gasteiger partial charge in [-0.05, 0) is 66.1 Å². The maximum Gasteiger partial charge on any atom is 0.416 e. The monoisotopic (exact) mass is 475 g/mol. The van der Waals surface area contributed by atoms with Crippen LogP contribution in [0.25, 0.3) is 6.08 Å². The summed E-state index contributed by atoms with van der Waals surface area (Å²) in [5, 5.41) is 9.64. The zero-order valence-electron chi connectivity index (χ0n) is 16.3. The Balaban J connectivity index is 1.60. The average molecular weight is 476 g/mol. The lowest BCUT2D eigenvalue weighted by Gasteiger charge is -2.11. The van der Waals surface area contributed by atoms with E-state index in [0.29, 0.717) is 5.69 Å². The van der Waals surface area contributed by atoms with Crippen LogP contribution in [0.1, 0.15) is 20.8 Å². The zero-order valence-corrected chi connectivity index (χ0v) is 17.9. The molecule has 0 saturated heterocycles. The molecule has 0 spiro atoms. The number of rotatable bonds is 5. The summed E-state index contributed by atoms with van der Waals surface area (Å²) >= 11 is 6.59. The van der Waals surface area contributed by atoms with E-state index in [-0.39, 0.29) is 16.4 Å². The zero-order chi connectivity index (χ0) is 23.1. The highest BCUT2D eigenvalue weighted by Gasteiger charge is 2.30. The largest absolute Gasteiger partial charge is 0.416 e. The highest BCUT2D eigenvalue weighted by Crippen LogP contribution is 2.30. The molecule has 3 aromatic rings. The maximum atomic E-state index is 12.8. The van der Waals surface area contributed by atoms with E-state index in [1.165, 1.54) is 41.7 Å². The molecule has 0 aliphatic carbocycles. The molecule has 10 heteroatoms. The summed E-state index contributed by atoms with van der Waals surface area (Å²) in [6.07, 6.45) is -1.51. The van der Waals surface area contributed by atoms with Crippen molar-refractivity contribution in [2.45, 2.75) is 6.18 Å². The SMILES string of the molecule is O=C(/C=C/c1cccs1)NC(=S)Nc1cccc(C(=O)Nc2cccc(C(F)(F)F)c2)c1. The number of amides is 2. The van der Waals surface area contributed by atoms with Gasteiger partial charge in [0, 0.05) is 27.9 Å². The summed E-state index contributed by atoms with van der Waals surface area (Å²) in [5.41, 5.74) is -0.225. The van der Waals surface area contributed by atoms with Crippen LogP contribution >= 0.6 is 23.6 Å². The minimum atomic E-state index is -4.51. The van der Waals surface area contributed by atoms with Gasteiger partial charge < -0.3 is 10.6 Å². The van der Waals surface area contributed by atoms with E-state index < -0.39 is 23.6 Å². The summed E-state index contributed by atoms with van der Waals surface area (Å²) in [6, 6.07) is 14.2. The Kier molecular flexibility index (Phi) is 7.39. The molecule has 164 valence electrons. The number of hydrogen-bond donors (Lipinski definition) is 3.